The lowest BCUT2D eigenvalue weighted by Gasteiger charge is -2.13. The van der Waals surface area contributed by atoms with Crippen LogP contribution in [-0.4, -0.2) is 27.6 Å². The van der Waals surface area contributed by atoms with Crippen molar-refractivity contribution < 1.29 is 13.9 Å². The minimum Gasteiger partial charge on any atom is -0.497 e. The van der Waals surface area contributed by atoms with Crippen molar-refractivity contribution in [2.75, 3.05) is 12.4 Å². The third kappa shape index (κ3) is 3.50. The number of methoxy groups -OCH3 is 1. The Bertz CT molecular complexity index is 1330. The van der Waals surface area contributed by atoms with Crippen LogP contribution in [0.15, 0.2) is 65.6 Å². The minimum atomic E-state index is -0.629. The molecular weight excluding hydrogens is 387 g/mol. The number of halogens is 1. The summed E-state index contributed by atoms with van der Waals surface area (Å²) in [7, 11) is 1.49. The zero-order valence-corrected chi connectivity index (χ0v) is 16.2. The number of carbonyl (C=O) groups is 1. The molecule has 0 aliphatic rings. The van der Waals surface area contributed by atoms with Crippen molar-refractivity contribution in [1.29, 1.82) is 0 Å². The number of fused-ring (bicyclic) bond motifs is 1. The van der Waals surface area contributed by atoms with E-state index in [2.05, 4.69) is 15.3 Å². The fourth-order valence-electron chi connectivity index (χ4n) is 3.13. The molecule has 2 heterocycles. The van der Waals surface area contributed by atoms with E-state index >= 15 is 0 Å². The highest BCUT2D eigenvalue weighted by Crippen LogP contribution is 2.21. The summed E-state index contributed by atoms with van der Waals surface area (Å²) in [5, 5.41) is 2.89. The van der Waals surface area contributed by atoms with Crippen LogP contribution in [0.5, 0.6) is 5.75 Å². The molecule has 0 spiro atoms. The first-order valence-electron chi connectivity index (χ1n) is 9.07. The molecule has 4 rings (SSSR count). The van der Waals surface area contributed by atoms with Crippen molar-refractivity contribution in [3.05, 3.63) is 88.4 Å². The number of hydrogen-bond donors (Lipinski definition) is 1. The molecule has 8 heteroatoms. The number of carbonyl (C=O) groups excluding carboxylic acids is 1. The average molecular weight is 404 g/mol. The standard InChI is InChI=1S/C22H17FN4O3/c1-13-25-20-17(7-4-10-24-20)22(29)27(13)15-8-9-18(23)19(12-15)26-21(28)14-5-3-6-16(11-14)30-2/h3-12H,1-2H3,(H,26,28). The molecule has 1 amide bonds. The molecule has 0 fully saturated rings. The van der Waals surface area contributed by atoms with Crippen molar-refractivity contribution >= 4 is 22.6 Å². The van der Waals surface area contributed by atoms with E-state index in [9.17, 15) is 14.0 Å². The second-order valence-electron chi connectivity index (χ2n) is 6.52. The number of amides is 1. The van der Waals surface area contributed by atoms with Gasteiger partial charge in [-0.15, -0.1) is 0 Å². The van der Waals surface area contributed by atoms with Gasteiger partial charge in [0.05, 0.1) is 23.9 Å². The van der Waals surface area contributed by atoms with Crippen molar-refractivity contribution in [3.63, 3.8) is 0 Å². The van der Waals surface area contributed by atoms with Crippen LogP contribution in [0, 0.1) is 12.7 Å². The second-order valence-corrected chi connectivity index (χ2v) is 6.52. The van der Waals surface area contributed by atoms with Gasteiger partial charge in [0.25, 0.3) is 11.5 Å². The number of aromatic nitrogens is 3. The molecule has 7 nitrogen and oxygen atoms in total. The fourth-order valence-corrected chi connectivity index (χ4v) is 3.13. The summed E-state index contributed by atoms with van der Waals surface area (Å²) in [6.45, 7) is 1.66. The molecule has 0 saturated carbocycles. The topological polar surface area (TPSA) is 86.1 Å². The van der Waals surface area contributed by atoms with Gasteiger partial charge in [0, 0.05) is 11.8 Å². The van der Waals surface area contributed by atoms with E-state index in [0.717, 1.165) is 0 Å². The normalized spacial score (nSPS) is 10.8. The van der Waals surface area contributed by atoms with Crippen LogP contribution in [0.4, 0.5) is 10.1 Å². The summed E-state index contributed by atoms with van der Waals surface area (Å²) in [5.74, 6) is -0.233. The fraction of sp³-hybridized carbons (Fsp3) is 0.0909. The summed E-state index contributed by atoms with van der Waals surface area (Å²) in [5.41, 5.74) is 0.633. The molecule has 1 N–H and O–H groups in total. The van der Waals surface area contributed by atoms with Gasteiger partial charge in [-0.2, -0.15) is 0 Å². The molecule has 0 aliphatic heterocycles. The molecule has 2 aromatic carbocycles. The van der Waals surface area contributed by atoms with Crippen LogP contribution in [-0.2, 0) is 0 Å². The van der Waals surface area contributed by atoms with Gasteiger partial charge in [0.2, 0.25) is 0 Å². The van der Waals surface area contributed by atoms with Crippen LogP contribution in [0.2, 0.25) is 0 Å². The van der Waals surface area contributed by atoms with Crippen LogP contribution in [0.1, 0.15) is 16.2 Å². The maximum Gasteiger partial charge on any atom is 0.267 e. The number of pyridine rings is 1. The van der Waals surface area contributed by atoms with Crippen LogP contribution in [0.25, 0.3) is 16.7 Å². The van der Waals surface area contributed by atoms with Crippen LogP contribution in [0.3, 0.4) is 0 Å². The zero-order chi connectivity index (χ0) is 21.3. The molecule has 30 heavy (non-hydrogen) atoms. The Hall–Kier alpha value is -4.07. The van der Waals surface area contributed by atoms with Gasteiger partial charge < -0.3 is 10.1 Å². The monoisotopic (exact) mass is 404 g/mol. The number of nitrogens with one attached hydrogen (secondary N) is 1. The maximum absolute atomic E-state index is 14.4. The van der Waals surface area contributed by atoms with Crippen LogP contribution < -0.4 is 15.6 Å². The third-order valence-electron chi connectivity index (χ3n) is 4.60. The average Bonchev–Trinajstić information content (AvgIpc) is 2.76. The Labute approximate surface area is 170 Å². The summed E-state index contributed by atoms with van der Waals surface area (Å²) < 4.78 is 20.9. The van der Waals surface area contributed by atoms with E-state index in [0.29, 0.717) is 33.9 Å². The first-order chi connectivity index (χ1) is 14.5. The van der Waals surface area contributed by atoms with Crippen molar-refractivity contribution in [3.8, 4) is 11.4 Å². The lowest BCUT2D eigenvalue weighted by Crippen LogP contribution is -2.23. The number of anilines is 1. The van der Waals surface area contributed by atoms with E-state index in [4.69, 9.17) is 4.74 Å². The van der Waals surface area contributed by atoms with Crippen molar-refractivity contribution in [2.45, 2.75) is 6.92 Å². The van der Waals surface area contributed by atoms with Crippen molar-refractivity contribution in [2.24, 2.45) is 0 Å². The molecule has 0 radical (unpaired) electrons. The Morgan fingerprint density at radius 2 is 1.97 bits per heavy atom. The quantitative estimate of drug-likeness (QED) is 0.563. The number of ether oxygens (including phenoxy) is 1. The van der Waals surface area contributed by atoms with Gasteiger partial charge in [-0.05, 0) is 55.5 Å². The van der Waals surface area contributed by atoms with E-state index < -0.39 is 11.7 Å². The molecular formula is C22H17FN4O3. The number of rotatable bonds is 4. The molecule has 150 valence electrons. The highest BCUT2D eigenvalue weighted by atomic mass is 19.1. The molecule has 0 atom stereocenters. The Balaban J connectivity index is 1.75. The molecule has 0 aliphatic carbocycles. The predicted molar refractivity (Wildman–Crippen MR) is 111 cm³/mol. The van der Waals surface area contributed by atoms with Gasteiger partial charge in [-0.3, -0.25) is 14.2 Å². The van der Waals surface area contributed by atoms with Gasteiger partial charge in [-0.1, -0.05) is 6.07 Å². The SMILES string of the molecule is COc1cccc(C(=O)Nc2cc(-n3c(C)nc4ncccc4c3=O)ccc2F)c1. The maximum atomic E-state index is 14.4. The van der Waals surface area contributed by atoms with Gasteiger partial charge in [0.1, 0.15) is 17.4 Å². The zero-order valence-electron chi connectivity index (χ0n) is 16.2. The van der Waals surface area contributed by atoms with Gasteiger partial charge in [-0.25, -0.2) is 14.4 Å². The molecule has 0 bridgehead atoms. The highest BCUT2D eigenvalue weighted by molar-refractivity contribution is 6.04. The summed E-state index contributed by atoms with van der Waals surface area (Å²) >= 11 is 0. The van der Waals surface area contributed by atoms with Crippen LogP contribution >= 0.6 is 0 Å². The number of hydrogen-bond acceptors (Lipinski definition) is 5. The predicted octanol–water partition coefficient (Wildman–Crippen LogP) is 3.49. The Morgan fingerprint density at radius 1 is 1.13 bits per heavy atom. The Kier molecular flexibility index (Phi) is 4.97. The van der Waals surface area contributed by atoms with Crippen molar-refractivity contribution in [1.82, 2.24) is 14.5 Å². The van der Waals surface area contributed by atoms with E-state index in [1.165, 1.54) is 29.9 Å². The lowest BCUT2D eigenvalue weighted by atomic mass is 10.2. The summed E-state index contributed by atoms with van der Waals surface area (Å²) in [6, 6.07) is 13.8. The van der Waals surface area contributed by atoms with Gasteiger partial charge >= 0.3 is 0 Å². The summed E-state index contributed by atoms with van der Waals surface area (Å²) in [6.07, 6.45) is 1.56. The number of nitrogens with zero attached hydrogens (tertiary/aromatic N) is 3. The van der Waals surface area contributed by atoms with E-state index in [-0.39, 0.29) is 11.2 Å². The second kappa shape index (κ2) is 7.75. The highest BCUT2D eigenvalue weighted by Gasteiger charge is 2.15. The first kappa shape index (κ1) is 19.3. The van der Waals surface area contributed by atoms with E-state index in [1.54, 1.807) is 49.5 Å². The molecule has 2 aromatic heterocycles. The Morgan fingerprint density at radius 3 is 2.77 bits per heavy atom. The third-order valence-corrected chi connectivity index (χ3v) is 4.60. The molecule has 0 saturated heterocycles. The largest absolute Gasteiger partial charge is 0.497 e. The molecule has 0 unspecified atom stereocenters. The minimum absolute atomic E-state index is 0.0575. The van der Waals surface area contributed by atoms with E-state index in [1.807, 2.05) is 0 Å². The first-order valence-corrected chi connectivity index (χ1v) is 9.07. The lowest BCUT2D eigenvalue weighted by molar-refractivity contribution is 0.102. The number of benzene rings is 2. The van der Waals surface area contributed by atoms with Gasteiger partial charge in [0.15, 0.2) is 5.65 Å². The smallest absolute Gasteiger partial charge is 0.267 e. The number of aryl methyl sites for hydroxylation is 1. The molecule has 4 aromatic rings. The summed E-state index contributed by atoms with van der Waals surface area (Å²) in [4.78, 5) is 34.0.